The van der Waals surface area contributed by atoms with Gasteiger partial charge in [0.25, 0.3) is 11.8 Å². The SMILES string of the molecule is CC(C)(C)OC(=O)N1CCN(C(=O)c2cc3c([nH]c4ccccc43)c(C(N)=O)n2)CC1. The molecule has 0 bridgehead atoms. The van der Waals surface area contributed by atoms with Gasteiger partial charge in [0.1, 0.15) is 11.3 Å². The Bertz CT molecular complexity index is 1190. The molecule has 1 aliphatic heterocycles. The number of benzene rings is 1. The van der Waals surface area contributed by atoms with Crippen LogP contribution in [0.25, 0.3) is 21.8 Å². The van der Waals surface area contributed by atoms with Crippen LogP contribution < -0.4 is 5.73 Å². The molecular formula is C22H25N5O4. The predicted molar refractivity (Wildman–Crippen MR) is 116 cm³/mol. The minimum absolute atomic E-state index is 0.0319. The van der Waals surface area contributed by atoms with Crippen molar-refractivity contribution < 1.29 is 19.1 Å². The first kappa shape index (κ1) is 20.6. The number of primary amides is 1. The molecule has 4 rings (SSSR count). The number of nitrogens with zero attached hydrogens (tertiary/aromatic N) is 3. The van der Waals surface area contributed by atoms with Gasteiger partial charge in [-0.15, -0.1) is 0 Å². The number of nitrogens with two attached hydrogens (primary N) is 1. The lowest BCUT2D eigenvalue weighted by molar-refractivity contribution is 0.0140. The average molecular weight is 423 g/mol. The maximum absolute atomic E-state index is 13.1. The molecule has 0 aliphatic carbocycles. The van der Waals surface area contributed by atoms with Crippen LogP contribution in [0, 0.1) is 0 Å². The van der Waals surface area contributed by atoms with Crippen molar-refractivity contribution in [1.82, 2.24) is 19.8 Å². The third-order valence-corrected chi connectivity index (χ3v) is 5.17. The first-order chi connectivity index (χ1) is 14.6. The quantitative estimate of drug-likeness (QED) is 0.656. The van der Waals surface area contributed by atoms with E-state index >= 15 is 0 Å². The number of ether oxygens (including phenoxy) is 1. The Morgan fingerprint density at radius 3 is 2.32 bits per heavy atom. The highest BCUT2D eigenvalue weighted by Crippen LogP contribution is 2.28. The van der Waals surface area contributed by atoms with E-state index in [1.807, 2.05) is 45.0 Å². The van der Waals surface area contributed by atoms with Crippen molar-refractivity contribution in [3.8, 4) is 0 Å². The summed E-state index contributed by atoms with van der Waals surface area (Å²) in [5, 5.41) is 1.60. The molecular weight excluding hydrogens is 398 g/mol. The fraction of sp³-hybridized carbons (Fsp3) is 0.364. The van der Waals surface area contributed by atoms with Crippen molar-refractivity contribution >= 4 is 39.7 Å². The second kappa shape index (κ2) is 7.57. The largest absolute Gasteiger partial charge is 0.444 e. The second-order valence-corrected chi connectivity index (χ2v) is 8.57. The Kier molecular flexibility index (Phi) is 5.04. The molecule has 162 valence electrons. The van der Waals surface area contributed by atoms with Crippen LogP contribution in [0.2, 0.25) is 0 Å². The summed E-state index contributed by atoms with van der Waals surface area (Å²) >= 11 is 0. The minimum Gasteiger partial charge on any atom is -0.444 e. The molecule has 0 radical (unpaired) electrons. The van der Waals surface area contributed by atoms with Gasteiger partial charge in [-0.1, -0.05) is 18.2 Å². The third-order valence-electron chi connectivity index (χ3n) is 5.17. The first-order valence-electron chi connectivity index (χ1n) is 10.1. The normalized spacial score (nSPS) is 14.8. The molecule has 3 amide bonds. The fourth-order valence-electron chi connectivity index (χ4n) is 3.71. The summed E-state index contributed by atoms with van der Waals surface area (Å²) in [6, 6.07) is 9.25. The maximum Gasteiger partial charge on any atom is 0.410 e. The van der Waals surface area contributed by atoms with Gasteiger partial charge in [0.2, 0.25) is 0 Å². The molecule has 0 spiro atoms. The number of para-hydroxylation sites is 1. The van der Waals surface area contributed by atoms with Gasteiger partial charge >= 0.3 is 6.09 Å². The highest BCUT2D eigenvalue weighted by Gasteiger charge is 2.29. The highest BCUT2D eigenvalue weighted by atomic mass is 16.6. The van der Waals surface area contributed by atoms with E-state index in [2.05, 4.69) is 9.97 Å². The third kappa shape index (κ3) is 4.03. The second-order valence-electron chi connectivity index (χ2n) is 8.57. The topological polar surface area (TPSA) is 122 Å². The number of nitrogens with one attached hydrogen (secondary N) is 1. The Hall–Kier alpha value is -3.62. The van der Waals surface area contributed by atoms with E-state index in [9.17, 15) is 14.4 Å². The molecule has 1 aromatic carbocycles. The molecule has 0 saturated carbocycles. The van der Waals surface area contributed by atoms with Gasteiger partial charge in [-0.05, 0) is 32.9 Å². The molecule has 0 atom stereocenters. The van der Waals surface area contributed by atoms with Gasteiger partial charge in [-0.2, -0.15) is 0 Å². The summed E-state index contributed by atoms with van der Waals surface area (Å²) in [6.45, 7) is 6.85. The summed E-state index contributed by atoms with van der Waals surface area (Å²) in [5.74, 6) is -1.01. The lowest BCUT2D eigenvalue weighted by Crippen LogP contribution is -2.51. The van der Waals surface area contributed by atoms with Crippen LogP contribution in [0.3, 0.4) is 0 Å². The molecule has 3 N–H and O–H groups in total. The van der Waals surface area contributed by atoms with Crippen molar-refractivity contribution in [3.63, 3.8) is 0 Å². The number of pyridine rings is 1. The maximum atomic E-state index is 13.1. The molecule has 1 saturated heterocycles. The molecule has 31 heavy (non-hydrogen) atoms. The number of carbonyl (C=O) groups is 3. The predicted octanol–water partition coefficient (Wildman–Crippen LogP) is 2.51. The molecule has 9 nitrogen and oxygen atoms in total. The Morgan fingerprint density at radius 2 is 1.68 bits per heavy atom. The number of hydrogen-bond donors (Lipinski definition) is 2. The van der Waals surface area contributed by atoms with Gasteiger partial charge in [-0.3, -0.25) is 9.59 Å². The Morgan fingerprint density at radius 1 is 1.03 bits per heavy atom. The van der Waals surface area contributed by atoms with E-state index in [1.165, 1.54) is 0 Å². The average Bonchev–Trinajstić information content (AvgIpc) is 3.10. The van der Waals surface area contributed by atoms with Crippen molar-refractivity contribution in [2.45, 2.75) is 26.4 Å². The van der Waals surface area contributed by atoms with Crippen molar-refractivity contribution in [2.24, 2.45) is 5.73 Å². The van der Waals surface area contributed by atoms with E-state index in [-0.39, 0.29) is 17.3 Å². The Labute approximate surface area is 179 Å². The van der Waals surface area contributed by atoms with E-state index < -0.39 is 17.6 Å². The lowest BCUT2D eigenvalue weighted by atomic mass is 10.1. The number of aromatic nitrogens is 2. The summed E-state index contributed by atoms with van der Waals surface area (Å²) in [5.41, 5.74) is 6.50. The zero-order valence-corrected chi connectivity index (χ0v) is 17.8. The molecule has 1 aliphatic rings. The van der Waals surface area contributed by atoms with E-state index in [4.69, 9.17) is 10.5 Å². The molecule has 3 aromatic rings. The summed E-state index contributed by atoms with van der Waals surface area (Å²) in [6.07, 6.45) is -0.394. The summed E-state index contributed by atoms with van der Waals surface area (Å²) in [4.78, 5) is 48.1. The van der Waals surface area contributed by atoms with Crippen molar-refractivity contribution in [1.29, 1.82) is 0 Å². The lowest BCUT2D eigenvalue weighted by Gasteiger charge is -2.35. The Balaban J connectivity index is 1.59. The van der Waals surface area contributed by atoms with Crippen molar-refractivity contribution in [2.75, 3.05) is 26.2 Å². The fourth-order valence-corrected chi connectivity index (χ4v) is 3.71. The summed E-state index contributed by atoms with van der Waals surface area (Å²) in [7, 11) is 0. The number of carbonyl (C=O) groups excluding carboxylic acids is 3. The van der Waals surface area contributed by atoms with E-state index in [1.54, 1.807) is 15.9 Å². The van der Waals surface area contributed by atoms with Crippen LogP contribution in [0.1, 0.15) is 41.7 Å². The number of fused-ring (bicyclic) bond motifs is 3. The van der Waals surface area contributed by atoms with Gasteiger partial charge in [0.15, 0.2) is 5.69 Å². The minimum atomic E-state index is -0.707. The van der Waals surface area contributed by atoms with Gasteiger partial charge in [-0.25, -0.2) is 9.78 Å². The van der Waals surface area contributed by atoms with Crippen LogP contribution in [-0.2, 0) is 4.74 Å². The zero-order valence-electron chi connectivity index (χ0n) is 17.8. The van der Waals surface area contributed by atoms with Crippen LogP contribution in [0.5, 0.6) is 0 Å². The van der Waals surface area contributed by atoms with Crippen LogP contribution in [0.15, 0.2) is 30.3 Å². The van der Waals surface area contributed by atoms with E-state index in [0.29, 0.717) is 31.7 Å². The van der Waals surface area contributed by atoms with Gasteiger partial charge in [0, 0.05) is 42.5 Å². The number of aromatic amines is 1. The number of rotatable bonds is 2. The highest BCUT2D eigenvalue weighted by molar-refractivity contribution is 6.15. The monoisotopic (exact) mass is 423 g/mol. The van der Waals surface area contributed by atoms with Crippen LogP contribution in [-0.4, -0.2) is 69.5 Å². The number of amides is 3. The molecule has 1 fully saturated rings. The molecule has 3 heterocycles. The smallest absolute Gasteiger partial charge is 0.410 e. The standard InChI is InChI=1S/C22H25N5O4/c1-22(2,3)31-21(30)27-10-8-26(9-11-27)20(29)16-12-14-13-6-4-5-7-15(13)24-17(14)18(25-16)19(23)28/h4-7,12,24H,8-11H2,1-3H3,(H2,23,28). The van der Waals surface area contributed by atoms with Gasteiger partial charge < -0.3 is 25.3 Å². The number of H-pyrrole nitrogens is 1. The number of hydrogen-bond acceptors (Lipinski definition) is 5. The molecule has 9 heteroatoms. The van der Waals surface area contributed by atoms with E-state index in [0.717, 1.165) is 16.3 Å². The van der Waals surface area contributed by atoms with Gasteiger partial charge in [0.05, 0.1) is 5.52 Å². The number of piperazine rings is 1. The van der Waals surface area contributed by atoms with Crippen LogP contribution >= 0.6 is 0 Å². The molecule has 0 unspecified atom stereocenters. The molecule has 2 aromatic heterocycles. The first-order valence-corrected chi connectivity index (χ1v) is 10.1. The van der Waals surface area contributed by atoms with Crippen LogP contribution in [0.4, 0.5) is 4.79 Å². The zero-order chi connectivity index (χ0) is 22.3. The summed E-state index contributed by atoms with van der Waals surface area (Å²) < 4.78 is 5.40. The van der Waals surface area contributed by atoms with Crippen molar-refractivity contribution in [3.05, 3.63) is 41.7 Å².